The second-order valence-electron chi connectivity index (χ2n) is 14.5. The van der Waals surface area contributed by atoms with Crippen LogP contribution in [0.15, 0.2) is 0 Å². The molecule has 0 spiro atoms. The molecule has 0 aromatic carbocycles. The minimum atomic E-state index is -7.78. The van der Waals surface area contributed by atoms with Gasteiger partial charge in [-0.15, -0.1) is 9.24 Å². The summed E-state index contributed by atoms with van der Waals surface area (Å²) in [5.41, 5.74) is 0. The van der Waals surface area contributed by atoms with Crippen molar-refractivity contribution in [3.63, 3.8) is 0 Å². The molecule has 0 fully saturated rings. The van der Waals surface area contributed by atoms with Crippen LogP contribution in [0.2, 0.25) is 0 Å². The van der Waals surface area contributed by atoms with Gasteiger partial charge in [0.2, 0.25) is 0 Å². The lowest BCUT2D eigenvalue weighted by molar-refractivity contribution is -0.430. The van der Waals surface area contributed by atoms with Crippen molar-refractivity contribution in [3.05, 3.63) is 0 Å². The molecule has 0 saturated heterocycles. The predicted octanol–water partition coefficient (Wildman–Crippen LogP) is 16.8. The first-order valence-electron chi connectivity index (χ1n) is 19.7. The zero-order valence-electron chi connectivity index (χ0n) is 32.0. The molecule has 2 atom stereocenters. The SMILES string of the molecule is CCCCCCCCCCCCC(CCCCCC)C(P)(CCCCCC)CCCCCC.FC(F)C(F)(F)C(F)(F)C(F)(F)C(F)(F)C(F)(F)F. The molecule has 0 aromatic heterocycles. The standard InChI is InChI=1S/C32H67P.C6HF13/c1-5-9-13-17-18-19-20-21-22-24-28-31(27-23-14-10-6-2)32(33,29-25-15-11-7-3)30-26-16-12-8-4;7-1(8)2(9,10)3(11,12)4(13,14)5(15,16)6(17,18)19/h31H,5-30,33H2,1-4H3;1H. The summed E-state index contributed by atoms with van der Waals surface area (Å²) in [5.74, 6) is -29.2. The molecule has 0 bridgehead atoms. The number of hydrogen-bond acceptors (Lipinski definition) is 0. The van der Waals surface area contributed by atoms with Gasteiger partial charge in [-0.1, -0.05) is 169 Å². The zero-order valence-corrected chi connectivity index (χ0v) is 33.2. The van der Waals surface area contributed by atoms with E-state index < -0.39 is 36.3 Å². The van der Waals surface area contributed by atoms with Crippen LogP contribution in [0.1, 0.15) is 195 Å². The van der Waals surface area contributed by atoms with E-state index in [9.17, 15) is 57.1 Å². The highest BCUT2D eigenvalue weighted by atomic mass is 31.0. The average molecular weight is 803 g/mol. The number of unbranched alkanes of at least 4 members (excludes halogenated alkanes) is 18. The summed E-state index contributed by atoms with van der Waals surface area (Å²) in [4.78, 5) is 0. The molecular formula is C38H68F13P. The van der Waals surface area contributed by atoms with Crippen molar-refractivity contribution >= 4 is 9.24 Å². The van der Waals surface area contributed by atoms with Gasteiger partial charge >= 0.3 is 36.3 Å². The van der Waals surface area contributed by atoms with E-state index in [2.05, 4.69) is 36.9 Å². The largest absolute Gasteiger partial charge is 0.460 e. The van der Waals surface area contributed by atoms with Crippen molar-refractivity contribution in [1.82, 2.24) is 0 Å². The second kappa shape index (κ2) is 27.2. The van der Waals surface area contributed by atoms with E-state index in [-0.39, 0.29) is 0 Å². The molecule has 2 unspecified atom stereocenters. The maximum absolute atomic E-state index is 12.3. The molecule has 0 saturated carbocycles. The summed E-state index contributed by atoms with van der Waals surface area (Å²) in [7, 11) is 3.49. The van der Waals surface area contributed by atoms with Gasteiger partial charge < -0.3 is 0 Å². The Balaban J connectivity index is 0. The summed E-state index contributed by atoms with van der Waals surface area (Å²) < 4.78 is 155. The van der Waals surface area contributed by atoms with Crippen LogP contribution < -0.4 is 0 Å². The minimum absolute atomic E-state index is 0.521. The number of alkyl halides is 13. The predicted molar refractivity (Wildman–Crippen MR) is 191 cm³/mol. The molecule has 0 radical (unpaired) electrons. The second-order valence-corrected chi connectivity index (χ2v) is 15.7. The van der Waals surface area contributed by atoms with Crippen LogP contribution in [-0.4, -0.2) is 41.4 Å². The van der Waals surface area contributed by atoms with E-state index >= 15 is 0 Å². The first kappa shape index (κ1) is 53.6. The quantitative estimate of drug-likeness (QED) is 0.0372. The van der Waals surface area contributed by atoms with Crippen molar-refractivity contribution in [2.24, 2.45) is 5.92 Å². The van der Waals surface area contributed by atoms with E-state index in [1.54, 1.807) is 0 Å². The Hall–Kier alpha value is -0.480. The third-order valence-electron chi connectivity index (χ3n) is 9.95. The molecule has 0 heterocycles. The highest BCUT2D eigenvalue weighted by molar-refractivity contribution is 7.19. The highest BCUT2D eigenvalue weighted by Crippen LogP contribution is 2.58. The lowest BCUT2D eigenvalue weighted by Crippen LogP contribution is -2.67. The fourth-order valence-electron chi connectivity index (χ4n) is 6.43. The summed E-state index contributed by atoms with van der Waals surface area (Å²) in [6.45, 7) is 9.36. The molecule has 14 heteroatoms. The Bertz CT molecular complexity index is 835. The average Bonchev–Trinajstić information content (AvgIpc) is 3.06. The normalized spacial score (nSPS) is 14.1. The van der Waals surface area contributed by atoms with Gasteiger partial charge in [0, 0.05) is 0 Å². The van der Waals surface area contributed by atoms with Crippen molar-refractivity contribution < 1.29 is 57.1 Å². The van der Waals surface area contributed by atoms with Gasteiger partial charge in [0.25, 0.3) is 0 Å². The van der Waals surface area contributed by atoms with Crippen molar-refractivity contribution in [1.29, 1.82) is 0 Å². The van der Waals surface area contributed by atoms with E-state index in [1.165, 1.54) is 167 Å². The van der Waals surface area contributed by atoms with Gasteiger partial charge in [0.05, 0.1) is 0 Å². The molecular weight excluding hydrogens is 734 g/mol. The molecule has 0 aliphatic rings. The first-order chi connectivity index (χ1) is 24.1. The monoisotopic (exact) mass is 802 g/mol. The van der Waals surface area contributed by atoms with Crippen LogP contribution in [0, 0.1) is 5.92 Å². The summed E-state index contributed by atoms with van der Waals surface area (Å²) >= 11 is 0. The van der Waals surface area contributed by atoms with E-state index in [0.29, 0.717) is 5.16 Å². The fraction of sp³-hybridized carbons (Fsp3) is 1.00. The van der Waals surface area contributed by atoms with Crippen LogP contribution in [0.5, 0.6) is 0 Å². The van der Waals surface area contributed by atoms with E-state index in [4.69, 9.17) is 0 Å². The molecule has 0 nitrogen and oxygen atoms in total. The van der Waals surface area contributed by atoms with Crippen LogP contribution in [0.25, 0.3) is 0 Å². The lowest BCUT2D eigenvalue weighted by atomic mass is 9.77. The Morgan fingerprint density at radius 2 is 0.673 bits per heavy atom. The minimum Gasteiger partial charge on any atom is -0.203 e. The summed E-state index contributed by atoms with van der Waals surface area (Å²) in [5, 5.41) is 0.521. The highest BCUT2D eigenvalue weighted by Gasteiger charge is 2.88. The van der Waals surface area contributed by atoms with Crippen LogP contribution >= 0.6 is 9.24 Å². The maximum atomic E-state index is 12.3. The maximum Gasteiger partial charge on any atom is 0.460 e. The van der Waals surface area contributed by atoms with E-state index in [0.717, 1.165) is 5.92 Å². The Morgan fingerprint density at radius 3 is 0.981 bits per heavy atom. The Morgan fingerprint density at radius 1 is 0.385 bits per heavy atom. The van der Waals surface area contributed by atoms with E-state index in [1.807, 2.05) is 0 Å². The Labute approximate surface area is 308 Å². The smallest absolute Gasteiger partial charge is 0.203 e. The first-order valence-corrected chi connectivity index (χ1v) is 20.3. The van der Waals surface area contributed by atoms with Gasteiger partial charge in [-0.05, 0) is 36.8 Å². The molecule has 0 N–H and O–H groups in total. The van der Waals surface area contributed by atoms with Crippen LogP contribution in [0.4, 0.5) is 57.1 Å². The lowest BCUT2D eigenvalue weighted by Gasteiger charge is -2.39. The summed E-state index contributed by atoms with van der Waals surface area (Å²) in [6.07, 6.45) is 24.7. The molecule has 52 heavy (non-hydrogen) atoms. The zero-order chi connectivity index (χ0) is 40.5. The van der Waals surface area contributed by atoms with Gasteiger partial charge in [0.15, 0.2) is 0 Å². The summed E-state index contributed by atoms with van der Waals surface area (Å²) in [6, 6.07) is 0. The molecule has 0 amide bonds. The van der Waals surface area contributed by atoms with Gasteiger partial charge in [-0.3, -0.25) is 0 Å². The third kappa shape index (κ3) is 18.4. The fourth-order valence-corrected chi connectivity index (χ4v) is 7.17. The molecule has 0 rings (SSSR count). The number of halogens is 13. The third-order valence-corrected chi connectivity index (χ3v) is 11.0. The van der Waals surface area contributed by atoms with Crippen LogP contribution in [0.3, 0.4) is 0 Å². The van der Waals surface area contributed by atoms with Crippen molar-refractivity contribution in [3.8, 4) is 0 Å². The van der Waals surface area contributed by atoms with Gasteiger partial charge in [-0.25, -0.2) is 8.78 Å². The molecule has 0 aliphatic carbocycles. The number of hydrogen-bond donors (Lipinski definition) is 0. The van der Waals surface area contributed by atoms with Crippen molar-refractivity contribution in [2.75, 3.05) is 0 Å². The molecule has 0 aliphatic heterocycles. The van der Waals surface area contributed by atoms with Crippen molar-refractivity contribution in [2.45, 2.75) is 236 Å². The number of rotatable bonds is 31. The molecule has 316 valence electrons. The Kier molecular flexibility index (Phi) is 28.0. The molecule has 0 aromatic rings. The topological polar surface area (TPSA) is 0 Å². The van der Waals surface area contributed by atoms with Gasteiger partial charge in [-0.2, -0.15) is 48.3 Å². The van der Waals surface area contributed by atoms with Crippen LogP contribution in [-0.2, 0) is 0 Å². The van der Waals surface area contributed by atoms with Gasteiger partial charge in [0.1, 0.15) is 0 Å².